The molecule has 4 unspecified atom stereocenters. The molecule has 2 aliphatic heterocycles. The van der Waals surface area contributed by atoms with Gasteiger partial charge in [-0.3, -0.25) is 9.69 Å². The number of fused-ring (bicyclic) bond motifs is 1. The Labute approximate surface area is 232 Å². The average molecular weight is 556 g/mol. The Balaban J connectivity index is 1.38. The second-order valence-electron chi connectivity index (χ2n) is 10.4. The van der Waals surface area contributed by atoms with E-state index in [9.17, 15) is 10.1 Å². The number of likely N-dealkylation sites (tertiary alicyclic amines) is 1. The van der Waals surface area contributed by atoms with Gasteiger partial charge < -0.3 is 10.0 Å². The van der Waals surface area contributed by atoms with Crippen LogP contribution in [0.5, 0.6) is 0 Å². The molecule has 1 N–H and O–H groups in total. The first-order valence-electron chi connectivity index (χ1n) is 13.1. The van der Waals surface area contributed by atoms with Crippen LogP contribution in [0.4, 0.5) is 5.82 Å². The molecule has 38 heavy (non-hydrogen) atoms. The zero-order valence-electron chi connectivity index (χ0n) is 21.5. The Hall–Kier alpha value is -2.93. The van der Waals surface area contributed by atoms with Gasteiger partial charge in [0.2, 0.25) is 0 Å². The summed E-state index contributed by atoms with van der Waals surface area (Å²) in [6, 6.07) is 7.97. The lowest BCUT2D eigenvalue weighted by Crippen LogP contribution is -2.52. The third-order valence-corrected chi connectivity index (χ3v) is 8.56. The minimum absolute atomic E-state index is 0.224. The van der Waals surface area contributed by atoms with Gasteiger partial charge in [0.15, 0.2) is 11.3 Å². The van der Waals surface area contributed by atoms with Gasteiger partial charge in [-0.25, -0.2) is 14.6 Å². The number of hydrogen-bond acceptors (Lipinski definition) is 7. The van der Waals surface area contributed by atoms with E-state index < -0.39 is 5.97 Å². The number of nitrogens with zero attached hydrogens (tertiary/aromatic N) is 7. The first-order chi connectivity index (χ1) is 18.3. The van der Waals surface area contributed by atoms with E-state index in [0.717, 1.165) is 50.3 Å². The first-order valence-corrected chi connectivity index (χ1v) is 13.8. The number of benzene rings is 1. The fourth-order valence-corrected chi connectivity index (χ4v) is 6.66. The molecule has 2 aromatic heterocycles. The summed E-state index contributed by atoms with van der Waals surface area (Å²) in [5, 5.41) is 24.4. The van der Waals surface area contributed by atoms with Crippen molar-refractivity contribution in [2.75, 3.05) is 24.5 Å². The highest BCUT2D eigenvalue weighted by Gasteiger charge is 2.37. The van der Waals surface area contributed by atoms with E-state index in [1.807, 2.05) is 13.0 Å². The molecule has 4 atom stereocenters. The molecule has 3 aromatic rings. The van der Waals surface area contributed by atoms with Gasteiger partial charge in [-0.05, 0) is 62.8 Å². The molecule has 2 fully saturated rings. The summed E-state index contributed by atoms with van der Waals surface area (Å²) in [5.74, 6) is 0.421. The summed E-state index contributed by atoms with van der Waals surface area (Å²) in [5.41, 5.74) is 2.06. The molecule has 0 radical (unpaired) electrons. The molecule has 200 valence electrons. The van der Waals surface area contributed by atoms with Crippen molar-refractivity contribution in [3.8, 4) is 6.07 Å². The van der Waals surface area contributed by atoms with Crippen molar-refractivity contribution in [1.82, 2.24) is 24.6 Å². The van der Waals surface area contributed by atoms with Gasteiger partial charge in [-0.15, -0.1) is 0 Å². The fourth-order valence-electron chi connectivity index (χ4n) is 6.10. The molecule has 0 spiro atoms. The fraction of sp³-hybridized carbons (Fsp3) is 0.519. The molecule has 5 rings (SSSR count). The molecular formula is C27H31Cl2N7O2. The summed E-state index contributed by atoms with van der Waals surface area (Å²) >= 11 is 12.6. The van der Waals surface area contributed by atoms with Gasteiger partial charge in [0, 0.05) is 41.6 Å². The zero-order valence-corrected chi connectivity index (χ0v) is 23.0. The van der Waals surface area contributed by atoms with Crippen LogP contribution >= 0.6 is 23.2 Å². The maximum atomic E-state index is 11.1. The zero-order chi connectivity index (χ0) is 27.0. The molecule has 0 bridgehead atoms. The van der Waals surface area contributed by atoms with E-state index in [2.05, 4.69) is 32.9 Å². The standard InChI is InChI=1S/C27H31Cl2N7O2/c1-16-15-34(11-9-23(16)35-10-3-4-19(35)6-8-25(37)38)24-14-31-26-22(13-30)33-36(27(26)32-24)17(2)20-7-5-18(28)12-21(20)29/h5,7,12,14,16-17,19,23H,3-4,6,8-11,15H2,1-2H3,(H,37,38). The Morgan fingerprint density at radius 2 is 2.11 bits per heavy atom. The van der Waals surface area contributed by atoms with Crippen LogP contribution in [0, 0.1) is 17.2 Å². The minimum Gasteiger partial charge on any atom is -0.481 e. The Kier molecular flexibility index (Phi) is 7.75. The number of halogens is 2. The quantitative estimate of drug-likeness (QED) is 0.425. The van der Waals surface area contributed by atoms with Gasteiger partial charge in [0.1, 0.15) is 17.4 Å². The first kappa shape index (κ1) is 26.7. The maximum absolute atomic E-state index is 11.1. The Bertz CT molecular complexity index is 1390. The molecule has 9 nitrogen and oxygen atoms in total. The monoisotopic (exact) mass is 555 g/mol. The number of hydrogen-bond donors (Lipinski definition) is 1. The van der Waals surface area contributed by atoms with Crippen LogP contribution < -0.4 is 4.90 Å². The largest absolute Gasteiger partial charge is 0.481 e. The van der Waals surface area contributed by atoms with Crippen molar-refractivity contribution >= 4 is 46.2 Å². The second-order valence-corrected chi connectivity index (χ2v) is 11.2. The van der Waals surface area contributed by atoms with Crippen LogP contribution in [0.3, 0.4) is 0 Å². The van der Waals surface area contributed by atoms with E-state index in [1.165, 1.54) is 0 Å². The highest BCUT2D eigenvalue weighted by molar-refractivity contribution is 6.35. The SMILES string of the molecule is CC1CN(c2cnc3c(C#N)nn(C(C)c4ccc(Cl)cc4Cl)c3n2)CCC1N1CCCC1CCC(=O)O. The van der Waals surface area contributed by atoms with Crippen molar-refractivity contribution in [2.24, 2.45) is 5.92 Å². The second kappa shape index (κ2) is 11.0. The van der Waals surface area contributed by atoms with Crippen LogP contribution in [0.1, 0.15) is 63.3 Å². The maximum Gasteiger partial charge on any atom is 0.303 e. The van der Waals surface area contributed by atoms with Gasteiger partial charge >= 0.3 is 5.97 Å². The number of nitriles is 1. The van der Waals surface area contributed by atoms with Gasteiger partial charge in [0.25, 0.3) is 0 Å². The summed E-state index contributed by atoms with van der Waals surface area (Å²) in [6.45, 7) is 6.91. The number of carboxylic acid groups (broad SMARTS) is 1. The predicted octanol–water partition coefficient (Wildman–Crippen LogP) is 5.16. The molecule has 0 amide bonds. The lowest BCUT2D eigenvalue weighted by molar-refractivity contribution is -0.137. The smallest absolute Gasteiger partial charge is 0.303 e. The summed E-state index contributed by atoms with van der Waals surface area (Å²) in [7, 11) is 0. The van der Waals surface area contributed by atoms with E-state index in [0.29, 0.717) is 45.6 Å². The number of anilines is 1. The van der Waals surface area contributed by atoms with E-state index in [-0.39, 0.29) is 18.2 Å². The molecule has 0 saturated carbocycles. The Morgan fingerprint density at radius 1 is 1.29 bits per heavy atom. The summed E-state index contributed by atoms with van der Waals surface area (Å²) in [4.78, 5) is 25.5. The van der Waals surface area contributed by atoms with Crippen LogP contribution in [0.25, 0.3) is 11.2 Å². The predicted molar refractivity (Wildman–Crippen MR) is 147 cm³/mol. The summed E-state index contributed by atoms with van der Waals surface area (Å²) in [6.07, 6.45) is 5.84. The number of carboxylic acids is 1. The average Bonchev–Trinajstić information content (AvgIpc) is 3.51. The highest BCUT2D eigenvalue weighted by atomic mass is 35.5. The Morgan fingerprint density at radius 3 is 2.82 bits per heavy atom. The number of aliphatic carboxylic acids is 1. The van der Waals surface area contributed by atoms with E-state index in [1.54, 1.807) is 23.0 Å². The van der Waals surface area contributed by atoms with Gasteiger partial charge in [-0.1, -0.05) is 36.2 Å². The molecule has 1 aromatic carbocycles. The molecule has 2 saturated heterocycles. The van der Waals surface area contributed by atoms with Crippen LogP contribution in [-0.4, -0.2) is 67.4 Å². The third-order valence-electron chi connectivity index (χ3n) is 8.00. The molecule has 4 heterocycles. The van der Waals surface area contributed by atoms with Crippen molar-refractivity contribution in [3.05, 3.63) is 45.7 Å². The lowest BCUT2D eigenvalue weighted by atomic mass is 9.91. The highest BCUT2D eigenvalue weighted by Crippen LogP contribution is 2.34. The minimum atomic E-state index is -0.722. The van der Waals surface area contributed by atoms with Crippen LogP contribution in [0.2, 0.25) is 10.0 Å². The lowest BCUT2D eigenvalue weighted by Gasteiger charge is -2.43. The van der Waals surface area contributed by atoms with Crippen molar-refractivity contribution < 1.29 is 9.90 Å². The van der Waals surface area contributed by atoms with Crippen LogP contribution in [0.15, 0.2) is 24.4 Å². The van der Waals surface area contributed by atoms with Crippen molar-refractivity contribution in [1.29, 1.82) is 5.26 Å². The topological polar surface area (TPSA) is 111 Å². The van der Waals surface area contributed by atoms with E-state index >= 15 is 0 Å². The van der Waals surface area contributed by atoms with Gasteiger partial charge in [0.05, 0.1) is 12.2 Å². The normalized spacial score (nSPS) is 23.0. The molecule has 0 aliphatic carbocycles. The van der Waals surface area contributed by atoms with Crippen molar-refractivity contribution in [2.45, 2.75) is 64.1 Å². The van der Waals surface area contributed by atoms with Gasteiger partial charge in [-0.2, -0.15) is 10.4 Å². The number of rotatable bonds is 7. The molecular weight excluding hydrogens is 525 g/mol. The van der Waals surface area contributed by atoms with Crippen molar-refractivity contribution in [3.63, 3.8) is 0 Å². The molecule has 11 heteroatoms. The van der Waals surface area contributed by atoms with E-state index in [4.69, 9.17) is 33.3 Å². The number of aromatic nitrogens is 4. The number of carbonyl (C=O) groups is 1. The summed E-state index contributed by atoms with van der Waals surface area (Å²) < 4.78 is 1.72. The molecule has 2 aliphatic rings. The third kappa shape index (κ3) is 5.18. The van der Waals surface area contributed by atoms with Crippen LogP contribution in [-0.2, 0) is 4.79 Å². The number of piperidine rings is 1.